The van der Waals surface area contributed by atoms with Gasteiger partial charge in [-0.25, -0.2) is 0 Å². The molecule has 1 atom stereocenters. The molecule has 0 amide bonds. The number of hydrogen-bond donors (Lipinski definition) is 1. The number of nitrogens with two attached hydrogens (primary N) is 1. The molecule has 1 aromatic rings. The van der Waals surface area contributed by atoms with Gasteiger partial charge < -0.3 is 10.5 Å². The average Bonchev–Trinajstić information content (AvgIpc) is 2.88. The Kier molecular flexibility index (Phi) is 4.79. The monoisotopic (exact) mass is 311 g/mol. The fourth-order valence-electron chi connectivity index (χ4n) is 3.27. The van der Waals surface area contributed by atoms with Gasteiger partial charge in [0.2, 0.25) is 0 Å². The molecule has 2 nitrogen and oxygen atoms in total. The molecule has 110 valence electrons. The minimum absolute atomic E-state index is 0.217. The Hall–Kier alpha value is -0.380. The van der Waals surface area contributed by atoms with Crippen molar-refractivity contribution in [2.24, 2.45) is 11.7 Å². The van der Waals surface area contributed by atoms with E-state index in [4.69, 9.17) is 22.1 Å². The van der Waals surface area contributed by atoms with Crippen LogP contribution in [0.5, 0.6) is 5.75 Å². The highest BCUT2D eigenvalue weighted by molar-refractivity contribution is 7.99. The third-order valence-corrected chi connectivity index (χ3v) is 5.55. The van der Waals surface area contributed by atoms with Gasteiger partial charge in [-0.05, 0) is 66.4 Å². The molecule has 0 spiro atoms. The molecule has 2 aliphatic rings. The van der Waals surface area contributed by atoms with Gasteiger partial charge in [0.25, 0.3) is 0 Å². The summed E-state index contributed by atoms with van der Waals surface area (Å²) in [5.74, 6) is 4.45. The molecule has 1 fully saturated rings. The predicted octanol–water partition coefficient (Wildman–Crippen LogP) is 3.68. The lowest BCUT2D eigenvalue weighted by Crippen LogP contribution is -2.27. The molecule has 4 heteroatoms. The molecule has 2 heterocycles. The number of hydrogen-bond acceptors (Lipinski definition) is 3. The molecule has 3 rings (SSSR count). The molecule has 1 aromatic carbocycles. The number of fused-ring (bicyclic) bond motifs is 1. The summed E-state index contributed by atoms with van der Waals surface area (Å²) in [6.07, 6.45) is 5.62. The summed E-state index contributed by atoms with van der Waals surface area (Å²) in [6.45, 7) is 0.776. The fourth-order valence-corrected chi connectivity index (χ4v) is 4.74. The van der Waals surface area contributed by atoms with Crippen LogP contribution in [0.4, 0.5) is 0 Å². The van der Waals surface area contributed by atoms with Crippen molar-refractivity contribution in [3.05, 3.63) is 28.3 Å². The van der Waals surface area contributed by atoms with Crippen molar-refractivity contribution in [3.63, 3.8) is 0 Å². The first-order valence-electron chi connectivity index (χ1n) is 7.50. The normalized spacial score (nSPS) is 20.5. The lowest BCUT2D eigenvalue weighted by atomic mass is 9.91. The van der Waals surface area contributed by atoms with Crippen LogP contribution >= 0.6 is 23.4 Å². The summed E-state index contributed by atoms with van der Waals surface area (Å²) in [6, 6.07) is 4.27. The second-order valence-electron chi connectivity index (χ2n) is 5.91. The highest BCUT2D eigenvalue weighted by Gasteiger charge is 2.21. The molecule has 0 saturated carbocycles. The molecule has 0 aliphatic carbocycles. The van der Waals surface area contributed by atoms with E-state index in [0.29, 0.717) is 0 Å². The van der Waals surface area contributed by atoms with Gasteiger partial charge in [-0.2, -0.15) is 11.8 Å². The SMILES string of the molecule is NC(Cc1cc(Cl)cc2c1OCC2)CC1CCSCC1. The summed E-state index contributed by atoms with van der Waals surface area (Å²) in [4.78, 5) is 0. The Balaban J connectivity index is 1.65. The predicted molar refractivity (Wildman–Crippen MR) is 87.0 cm³/mol. The third-order valence-electron chi connectivity index (χ3n) is 4.28. The van der Waals surface area contributed by atoms with Crippen molar-refractivity contribution in [3.8, 4) is 5.75 Å². The Morgan fingerprint density at radius 2 is 2.15 bits per heavy atom. The highest BCUT2D eigenvalue weighted by Crippen LogP contribution is 2.34. The van der Waals surface area contributed by atoms with Crippen molar-refractivity contribution in [1.29, 1.82) is 0 Å². The second-order valence-corrected chi connectivity index (χ2v) is 7.57. The first-order chi connectivity index (χ1) is 9.72. The third kappa shape index (κ3) is 3.44. The Labute approximate surface area is 130 Å². The average molecular weight is 312 g/mol. The molecule has 1 unspecified atom stereocenters. The van der Waals surface area contributed by atoms with Crippen molar-refractivity contribution in [2.45, 2.75) is 38.1 Å². The smallest absolute Gasteiger partial charge is 0.125 e. The van der Waals surface area contributed by atoms with Crippen LogP contribution in [0.15, 0.2) is 12.1 Å². The molecular formula is C16H22ClNOS. The van der Waals surface area contributed by atoms with Crippen molar-refractivity contribution in [2.75, 3.05) is 18.1 Å². The van der Waals surface area contributed by atoms with Crippen LogP contribution in [0.1, 0.15) is 30.4 Å². The summed E-state index contributed by atoms with van der Waals surface area (Å²) in [5.41, 5.74) is 8.82. The standard InChI is InChI=1S/C16H22ClNOS/c17-14-8-12-1-4-19-16(12)13(9-14)10-15(18)7-11-2-5-20-6-3-11/h8-9,11,15H,1-7,10,18H2. The van der Waals surface area contributed by atoms with Crippen LogP contribution in [-0.4, -0.2) is 24.2 Å². The Morgan fingerprint density at radius 1 is 1.35 bits per heavy atom. The lowest BCUT2D eigenvalue weighted by molar-refractivity contribution is 0.350. The van der Waals surface area contributed by atoms with Crippen molar-refractivity contribution < 1.29 is 4.74 Å². The van der Waals surface area contributed by atoms with E-state index >= 15 is 0 Å². The first kappa shape index (κ1) is 14.6. The van der Waals surface area contributed by atoms with E-state index in [1.165, 1.54) is 35.5 Å². The summed E-state index contributed by atoms with van der Waals surface area (Å²) < 4.78 is 5.76. The number of ether oxygens (including phenoxy) is 1. The maximum Gasteiger partial charge on any atom is 0.125 e. The largest absolute Gasteiger partial charge is 0.493 e. The van der Waals surface area contributed by atoms with E-state index in [0.717, 1.165) is 42.6 Å². The Morgan fingerprint density at radius 3 is 2.95 bits per heavy atom. The van der Waals surface area contributed by atoms with Crippen LogP contribution in [0, 0.1) is 5.92 Å². The molecule has 20 heavy (non-hydrogen) atoms. The van der Waals surface area contributed by atoms with Crippen LogP contribution in [0.3, 0.4) is 0 Å². The number of halogens is 1. The van der Waals surface area contributed by atoms with Crippen LogP contribution in [0.2, 0.25) is 5.02 Å². The zero-order chi connectivity index (χ0) is 13.9. The van der Waals surface area contributed by atoms with E-state index in [1.54, 1.807) is 0 Å². The molecular weight excluding hydrogens is 290 g/mol. The minimum atomic E-state index is 0.217. The maximum absolute atomic E-state index is 6.38. The van der Waals surface area contributed by atoms with Gasteiger partial charge in [-0.15, -0.1) is 0 Å². The Bertz CT molecular complexity index is 474. The van der Waals surface area contributed by atoms with E-state index in [1.807, 2.05) is 12.1 Å². The van der Waals surface area contributed by atoms with E-state index < -0.39 is 0 Å². The molecule has 0 aromatic heterocycles. The van der Waals surface area contributed by atoms with Crippen LogP contribution in [0.25, 0.3) is 0 Å². The number of benzene rings is 1. The van der Waals surface area contributed by atoms with Gasteiger partial charge in [0.1, 0.15) is 5.75 Å². The van der Waals surface area contributed by atoms with Crippen LogP contribution < -0.4 is 10.5 Å². The zero-order valence-electron chi connectivity index (χ0n) is 11.7. The van der Waals surface area contributed by atoms with Gasteiger partial charge >= 0.3 is 0 Å². The number of thioether (sulfide) groups is 1. The molecule has 2 aliphatic heterocycles. The molecule has 0 bridgehead atoms. The van der Waals surface area contributed by atoms with E-state index in [2.05, 4.69) is 11.8 Å². The van der Waals surface area contributed by atoms with Crippen LogP contribution in [-0.2, 0) is 12.8 Å². The quantitative estimate of drug-likeness (QED) is 0.921. The summed E-state index contributed by atoms with van der Waals surface area (Å²) in [7, 11) is 0. The molecule has 2 N–H and O–H groups in total. The van der Waals surface area contributed by atoms with Gasteiger partial charge in [-0.1, -0.05) is 11.6 Å². The van der Waals surface area contributed by atoms with E-state index in [-0.39, 0.29) is 6.04 Å². The fraction of sp³-hybridized carbons (Fsp3) is 0.625. The van der Waals surface area contributed by atoms with Gasteiger partial charge in [0.15, 0.2) is 0 Å². The highest BCUT2D eigenvalue weighted by atomic mass is 35.5. The lowest BCUT2D eigenvalue weighted by Gasteiger charge is -2.24. The van der Waals surface area contributed by atoms with Crippen molar-refractivity contribution in [1.82, 2.24) is 0 Å². The van der Waals surface area contributed by atoms with Crippen molar-refractivity contribution >= 4 is 23.4 Å². The maximum atomic E-state index is 6.38. The topological polar surface area (TPSA) is 35.2 Å². The number of rotatable bonds is 4. The zero-order valence-corrected chi connectivity index (χ0v) is 13.3. The van der Waals surface area contributed by atoms with E-state index in [9.17, 15) is 0 Å². The van der Waals surface area contributed by atoms with Gasteiger partial charge in [0, 0.05) is 17.5 Å². The molecule has 1 saturated heterocycles. The minimum Gasteiger partial charge on any atom is -0.493 e. The summed E-state index contributed by atoms with van der Waals surface area (Å²) in [5, 5.41) is 0.811. The summed E-state index contributed by atoms with van der Waals surface area (Å²) >= 11 is 8.27. The molecule has 0 radical (unpaired) electrons. The van der Waals surface area contributed by atoms with Gasteiger partial charge in [0.05, 0.1) is 6.61 Å². The second kappa shape index (κ2) is 6.59. The van der Waals surface area contributed by atoms with Gasteiger partial charge in [-0.3, -0.25) is 0 Å². The first-order valence-corrected chi connectivity index (χ1v) is 9.03.